The van der Waals surface area contributed by atoms with E-state index in [4.69, 9.17) is 9.47 Å². The second kappa shape index (κ2) is 10.1. The molecule has 154 valence electrons. The Hall–Kier alpha value is -3.80. The molecule has 3 aromatic rings. The maximum atomic E-state index is 12.3. The summed E-state index contributed by atoms with van der Waals surface area (Å²) in [5, 5.41) is 5.37. The van der Waals surface area contributed by atoms with Crippen molar-refractivity contribution >= 4 is 17.5 Å². The quantitative estimate of drug-likeness (QED) is 0.596. The molecule has 3 aromatic carbocycles. The SMILES string of the molecule is COc1ccc(C)cc1NC(=O)CNC(=O)c1ccc(OCc2ccccc2)cc1. The fourth-order valence-electron chi connectivity index (χ4n) is 2.82. The summed E-state index contributed by atoms with van der Waals surface area (Å²) in [6, 6.07) is 22.1. The van der Waals surface area contributed by atoms with Crippen LogP contribution in [0.15, 0.2) is 72.8 Å². The van der Waals surface area contributed by atoms with E-state index >= 15 is 0 Å². The van der Waals surface area contributed by atoms with Gasteiger partial charge in [-0.25, -0.2) is 0 Å². The van der Waals surface area contributed by atoms with Gasteiger partial charge in [-0.2, -0.15) is 0 Å². The molecule has 2 amide bonds. The zero-order valence-electron chi connectivity index (χ0n) is 17.0. The minimum atomic E-state index is -0.338. The summed E-state index contributed by atoms with van der Waals surface area (Å²) in [7, 11) is 1.54. The van der Waals surface area contributed by atoms with Crippen molar-refractivity contribution in [3.63, 3.8) is 0 Å². The van der Waals surface area contributed by atoms with Crippen molar-refractivity contribution in [3.05, 3.63) is 89.5 Å². The lowest BCUT2D eigenvalue weighted by atomic mass is 10.2. The van der Waals surface area contributed by atoms with E-state index in [1.165, 1.54) is 7.11 Å². The maximum absolute atomic E-state index is 12.3. The number of carbonyl (C=O) groups is 2. The molecule has 0 saturated heterocycles. The van der Waals surface area contributed by atoms with Gasteiger partial charge in [-0.15, -0.1) is 0 Å². The summed E-state index contributed by atoms with van der Waals surface area (Å²) in [5.74, 6) is 0.553. The van der Waals surface area contributed by atoms with Crippen molar-refractivity contribution in [2.75, 3.05) is 19.0 Å². The number of ether oxygens (including phenoxy) is 2. The highest BCUT2D eigenvalue weighted by Crippen LogP contribution is 2.25. The molecule has 0 aliphatic carbocycles. The second-order valence-corrected chi connectivity index (χ2v) is 6.73. The highest BCUT2D eigenvalue weighted by Gasteiger charge is 2.11. The predicted molar refractivity (Wildman–Crippen MR) is 116 cm³/mol. The first-order chi connectivity index (χ1) is 14.5. The molecular weight excluding hydrogens is 380 g/mol. The highest BCUT2D eigenvalue weighted by molar-refractivity contribution is 5.99. The van der Waals surface area contributed by atoms with Crippen LogP contribution in [0.1, 0.15) is 21.5 Å². The molecule has 0 radical (unpaired) electrons. The molecule has 6 nitrogen and oxygen atoms in total. The molecule has 0 spiro atoms. The third kappa shape index (κ3) is 5.85. The van der Waals surface area contributed by atoms with E-state index in [-0.39, 0.29) is 18.4 Å². The zero-order chi connectivity index (χ0) is 21.3. The van der Waals surface area contributed by atoms with Gasteiger partial charge in [0, 0.05) is 5.56 Å². The summed E-state index contributed by atoms with van der Waals surface area (Å²) in [5.41, 5.74) is 3.07. The molecule has 0 bridgehead atoms. The predicted octanol–water partition coefficient (Wildman–Crippen LogP) is 3.95. The van der Waals surface area contributed by atoms with Gasteiger partial charge in [0.1, 0.15) is 18.1 Å². The van der Waals surface area contributed by atoms with Gasteiger partial charge in [-0.1, -0.05) is 36.4 Å². The number of nitrogens with one attached hydrogen (secondary N) is 2. The first kappa shape index (κ1) is 20.9. The molecule has 0 aliphatic rings. The number of anilines is 1. The van der Waals surface area contributed by atoms with Crippen LogP contribution in [0.2, 0.25) is 0 Å². The third-order valence-corrected chi connectivity index (χ3v) is 4.40. The Bertz CT molecular complexity index is 1000. The van der Waals surface area contributed by atoms with Gasteiger partial charge >= 0.3 is 0 Å². The Morgan fingerprint density at radius 1 is 0.933 bits per heavy atom. The fraction of sp³-hybridized carbons (Fsp3) is 0.167. The van der Waals surface area contributed by atoms with Gasteiger partial charge in [0.05, 0.1) is 19.3 Å². The van der Waals surface area contributed by atoms with Crippen LogP contribution in [-0.2, 0) is 11.4 Å². The molecule has 0 atom stereocenters. The van der Waals surface area contributed by atoms with Crippen molar-refractivity contribution in [3.8, 4) is 11.5 Å². The monoisotopic (exact) mass is 404 g/mol. The van der Waals surface area contributed by atoms with E-state index in [0.29, 0.717) is 29.4 Å². The average Bonchev–Trinajstić information content (AvgIpc) is 2.77. The first-order valence-electron chi connectivity index (χ1n) is 9.54. The van der Waals surface area contributed by atoms with E-state index in [1.807, 2.05) is 49.4 Å². The molecule has 3 rings (SSSR count). The van der Waals surface area contributed by atoms with Gasteiger partial charge in [-0.3, -0.25) is 9.59 Å². The van der Waals surface area contributed by atoms with Crippen molar-refractivity contribution < 1.29 is 19.1 Å². The van der Waals surface area contributed by atoms with Crippen LogP contribution in [0.5, 0.6) is 11.5 Å². The van der Waals surface area contributed by atoms with Gasteiger partial charge in [0.25, 0.3) is 5.91 Å². The van der Waals surface area contributed by atoms with Crippen LogP contribution in [0.4, 0.5) is 5.69 Å². The van der Waals surface area contributed by atoms with Crippen LogP contribution in [0, 0.1) is 6.92 Å². The number of hydrogen-bond acceptors (Lipinski definition) is 4. The molecule has 30 heavy (non-hydrogen) atoms. The number of benzene rings is 3. The Labute approximate surface area is 175 Å². The van der Waals surface area contributed by atoms with Crippen LogP contribution in [0.3, 0.4) is 0 Å². The van der Waals surface area contributed by atoms with Crippen LogP contribution in [-0.4, -0.2) is 25.5 Å². The topological polar surface area (TPSA) is 76.7 Å². The molecule has 0 aromatic heterocycles. The summed E-state index contributed by atoms with van der Waals surface area (Å²) < 4.78 is 11.0. The molecular formula is C24H24N2O4. The number of methoxy groups -OCH3 is 1. The number of rotatable bonds is 8. The van der Waals surface area contributed by atoms with Crippen molar-refractivity contribution in [2.45, 2.75) is 13.5 Å². The Morgan fingerprint density at radius 2 is 1.67 bits per heavy atom. The van der Waals surface area contributed by atoms with Crippen molar-refractivity contribution in [2.24, 2.45) is 0 Å². The largest absolute Gasteiger partial charge is 0.495 e. The molecule has 0 aliphatic heterocycles. The average molecular weight is 404 g/mol. The van der Waals surface area contributed by atoms with Crippen LogP contribution >= 0.6 is 0 Å². The van der Waals surface area contributed by atoms with Gasteiger partial charge < -0.3 is 20.1 Å². The normalized spacial score (nSPS) is 10.2. The summed E-state index contributed by atoms with van der Waals surface area (Å²) >= 11 is 0. The number of amides is 2. The van der Waals surface area contributed by atoms with Crippen molar-refractivity contribution in [1.82, 2.24) is 5.32 Å². The Kier molecular flexibility index (Phi) is 7.05. The lowest BCUT2D eigenvalue weighted by Crippen LogP contribution is -2.32. The third-order valence-electron chi connectivity index (χ3n) is 4.40. The fourth-order valence-corrected chi connectivity index (χ4v) is 2.82. The van der Waals surface area contributed by atoms with E-state index in [1.54, 1.807) is 30.3 Å². The summed E-state index contributed by atoms with van der Waals surface area (Å²) in [4.78, 5) is 24.5. The number of hydrogen-bond donors (Lipinski definition) is 2. The van der Waals surface area contributed by atoms with Gasteiger partial charge in [0.2, 0.25) is 5.91 Å². The van der Waals surface area contributed by atoms with Gasteiger partial charge in [0.15, 0.2) is 0 Å². The van der Waals surface area contributed by atoms with Gasteiger partial charge in [-0.05, 0) is 54.4 Å². The van der Waals surface area contributed by atoms with E-state index in [2.05, 4.69) is 10.6 Å². The van der Waals surface area contributed by atoms with Crippen LogP contribution < -0.4 is 20.1 Å². The lowest BCUT2D eigenvalue weighted by Gasteiger charge is -2.12. The molecule has 2 N–H and O–H groups in total. The van der Waals surface area contributed by atoms with Crippen molar-refractivity contribution in [1.29, 1.82) is 0 Å². The lowest BCUT2D eigenvalue weighted by molar-refractivity contribution is -0.115. The Balaban J connectivity index is 1.50. The second-order valence-electron chi connectivity index (χ2n) is 6.73. The first-order valence-corrected chi connectivity index (χ1v) is 9.54. The maximum Gasteiger partial charge on any atom is 0.251 e. The summed E-state index contributed by atoms with van der Waals surface area (Å²) in [6.07, 6.45) is 0. The summed E-state index contributed by atoms with van der Waals surface area (Å²) in [6.45, 7) is 2.22. The van der Waals surface area contributed by atoms with E-state index in [9.17, 15) is 9.59 Å². The molecule has 0 heterocycles. The number of carbonyl (C=O) groups excluding carboxylic acids is 2. The molecule has 0 saturated carbocycles. The minimum Gasteiger partial charge on any atom is -0.495 e. The standard InChI is InChI=1S/C24H24N2O4/c1-17-8-13-22(29-2)21(14-17)26-23(27)15-25-24(28)19-9-11-20(12-10-19)30-16-18-6-4-3-5-7-18/h3-14H,15-16H2,1-2H3,(H,25,28)(H,26,27). The minimum absolute atomic E-state index is 0.151. The molecule has 0 fully saturated rings. The smallest absolute Gasteiger partial charge is 0.251 e. The zero-order valence-corrected chi connectivity index (χ0v) is 17.0. The number of aryl methyl sites for hydroxylation is 1. The molecule has 0 unspecified atom stereocenters. The highest BCUT2D eigenvalue weighted by atomic mass is 16.5. The van der Waals surface area contributed by atoms with Crippen LogP contribution in [0.25, 0.3) is 0 Å². The Morgan fingerprint density at radius 3 is 2.37 bits per heavy atom. The molecule has 6 heteroatoms. The van der Waals surface area contributed by atoms with E-state index in [0.717, 1.165) is 11.1 Å². The van der Waals surface area contributed by atoms with E-state index < -0.39 is 0 Å².